The third kappa shape index (κ3) is 8.98. The fourth-order valence-corrected chi connectivity index (χ4v) is 12.3. The number of aromatic nitrogens is 3. The van der Waals surface area contributed by atoms with Gasteiger partial charge in [-0.1, -0.05) is 177 Å². The summed E-state index contributed by atoms with van der Waals surface area (Å²) in [6.45, 7) is 7.30. The Hall–Kier alpha value is -5.75. The quantitative estimate of drug-likeness (QED) is 0.112. The van der Waals surface area contributed by atoms with E-state index in [1.165, 1.54) is 81.0 Å². The number of fused-ring (bicyclic) bond motifs is 4. The maximum absolute atomic E-state index is 5.22. The maximum atomic E-state index is 5.22. The van der Waals surface area contributed by atoms with Crippen LogP contribution in [0.3, 0.4) is 0 Å². The first-order valence-electron chi connectivity index (χ1n) is 22.4. The molecule has 3 nitrogen and oxygen atoms in total. The second-order valence-corrected chi connectivity index (χ2v) is 24.0. The number of imidazole rings is 1. The van der Waals surface area contributed by atoms with Crippen molar-refractivity contribution in [3.8, 4) is 50.6 Å². The third-order valence-electron chi connectivity index (χ3n) is 12.6. The normalized spacial score (nSPS) is 13.1. The molecule has 0 saturated heterocycles. The standard InChI is InChI=1S/C37H23N2S.C21H28NSi.Ir/c1-3-12-25(13-4-1)27-22-23-29-30-17-11-18-31(36(30)40-35(29)24-27)37-38-32-19-8-10-21-34(32)39(37)33-20-9-7-16-28(33)26-14-5-2-6-15-26;1-23(2,3)21-16-22-20(18-12-8-5-9-13-18)15-19(21)14-17-10-6-4-7-11-17;/h1-17,19-24H;5,8-9,12,15-17H,4,6-7,10-11,14H2,1-3H3;/q2*-1;. The molecule has 0 unspecified atom stereocenters. The molecular weight excluding hydrogens is 991 g/mol. The van der Waals surface area contributed by atoms with Crippen molar-refractivity contribution in [1.29, 1.82) is 0 Å². The van der Waals surface area contributed by atoms with Gasteiger partial charge in [0.25, 0.3) is 0 Å². The van der Waals surface area contributed by atoms with Gasteiger partial charge in [-0.25, -0.2) is 0 Å². The smallest absolute Gasteiger partial charge is 0.0798 e. The summed E-state index contributed by atoms with van der Waals surface area (Å²) in [7, 11) is -1.36. The summed E-state index contributed by atoms with van der Waals surface area (Å²) in [5.41, 5.74) is 12.7. The van der Waals surface area contributed by atoms with E-state index in [0.29, 0.717) is 0 Å². The van der Waals surface area contributed by atoms with Crippen molar-refractivity contribution in [3.05, 3.63) is 194 Å². The van der Waals surface area contributed by atoms with Crippen molar-refractivity contribution in [2.24, 2.45) is 5.92 Å². The van der Waals surface area contributed by atoms with E-state index in [1.54, 1.807) is 10.8 Å². The Morgan fingerprint density at radius 3 is 2.14 bits per heavy atom. The molecule has 10 aromatic rings. The third-order valence-corrected chi connectivity index (χ3v) is 15.8. The molecule has 3 aromatic heterocycles. The van der Waals surface area contributed by atoms with Gasteiger partial charge in [0.1, 0.15) is 0 Å². The number of pyridine rings is 1. The Bertz CT molecular complexity index is 3160. The van der Waals surface area contributed by atoms with Gasteiger partial charge >= 0.3 is 0 Å². The SMILES string of the molecule is C[Si](C)(C)c1cnc(-c2[c-]cccc2)cc1CC1CCCCC1.[Ir].[c-]1ccc2c(sc3cc(-c4ccccc4)ccc32)c1-c1nc2ccccc2n1-c1ccccc1-c1ccccc1. The zero-order chi connectivity index (χ0) is 42.8. The maximum Gasteiger partial charge on any atom is 0.0798 e. The number of para-hydroxylation sites is 3. The number of rotatable bonds is 8. The molecule has 1 fully saturated rings. The summed E-state index contributed by atoms with van der Waals surface area (Å²) >= 11 is 1.82. The molecule has 0 aliphatic heterocycles. The molecule has 319 valence electrons. The summed E-state index contributed by atoms with van der Waals surface area (Å²) in [6.07, 6.45) is 10.5. The van der Waals surface area contributed by atoms with Crippen LogP contribution >= 0.6 is 11.3 Å². The van der Waals surface area contributed by atoms with Crippen LogP contribution in [0.5, 0.6) is 0 Å². The first-order valence-corrected chi connectivity index (χ1v) is 26.7. The molecule has 1 radical (unpaired) electrons. The second-order valence-electron chi connectivity index (χ2n) is 17.9. The van der Waals surface area contributed by atoms with Crippen molar-refractivity contribution < 1.29 is 20.1 Å². The minimum Gasteiger partial charge on any atom is -0.333 e. The van der Waals surface area contributed by atoms with E-state index in [1.807, 2.05) is 29.5 Å². The van der Waals surface area contributed by atoms with Crippen molar-refractivity contribution in [1.82, 2.24) is 14.5 Å². The summed E-state index contributed by atoms with van der Waals surface area (Å²) < 4.78 is 4.78. The molecule has 6 heteroatoms. The van der Waals surface area contributed by atoms with Crippen LogP contribution in [0.2, 0.25) is 19.6 Å². The number of hydrogen-bond donors (Lipinski definition) is 0. The monoisotopic (exact) mass is 1040 g/mol. The zero-order valence-electron chi connectivity index (χ0n) is 36.6. The molecule has 3 heterocycles. The van der Waals surface area contributed by atoms with E-state index < -0.39 is 8.07 Å². The van der Waals surface area contributed by atoms with Crippen molar-refractivity contribution in [2.45, 2.75) is 58.2 Å². The van der Waals surface area contributed by atoms with Gasteiger partial charge in [0.15, 0.2) is 0 Å². The molecule has 1 saturated carbocycles. The van der Waals surface area contributed by atoms with Crippen molar-refractivity contribution in [2.75, 3.05) is 0 Å². The molecule has 64 heavy (non-hydrogen) atoms. The van der Waals surface area contributed by atoms with E-state index in [2.05, 4.69) is 194 Å². The van der Waals surface area contributed by atoms with Crippen LogP contribution in [0.1, 0.15) is 37.7 Å². The minimum absolute atomic E-state index is 0. The Morgan fingerprint density at radius 1 is 0.656 bits per heavy atom. The van der Waals surface area contributed by atoms with Crippen LogP contribution < -0.4 is 5.19 Å². The van der Waals surface area contributed by atoms with Gasteiger partial charge < -0.3 is 9.55 Å². The molecule has 0 spiro atoms. The number of benzene rings is 7. The fourth-order valence-electron chi connectivity index (χ4n) is 9.43. The summed E-state index contributed by atoms with van der Waals surface area (Å²) in [4.78, 5) is 9.99. The van der Waals surface area contributed by atoms with Gasteiger partial charge in [-0.2, -0.15) is 11.3 Å². The molecule has 0 bridgehead atoms. The van der Waals surface area contributed by atoms with Crippen LogP contribution in [0.4, 0.5) is 0 Å². The van der Waals surface area contributed by atoms with Gasteiger partial charge in [-0.3, -0.25) is 4.98 Å². The topological polar surface area (TPSA) is 30.7 Å². The van der Waals surface area contributed by atoms with Gasteiger partial charge in [0.2, 0.25) is 0 Å². The van der Waals surface area contributed by atoms with E-state index in [-0.39, 0.29) is 20.1 Å². The van der Waals surface area contributed by atoms with E-state index >= 15 is 0 Å². The average molecular weight is 1040 g/mol. The van der Waals surface area contributed by atoms with Crippen molar-refractivity contribution >= 4 is 55.8 Å². The number of hydrogen-bond acceptors (Lipinski definition) is 3. The molecule has 0 N–H and O–H groups in total. The van der Waals surface area contributed by atoms with Crippen LogP contribution in [0.15, 0.2) is 176 Å². The Kier molecular flexibility index (Phi) is 13.0. The number of thiophene rings is 1. The molecule has 0 atom stereocenters. The van der Waals surface area contributed by atoms with E-state index in [9.17, 15) is 0 Å². The van der Waals surface area contributed by atoms with Crippen molar-refractivity contribution in [3.63, 3.8) is 0 Å². The van der Waals surface area contributed by atoms with Gasteiger partial charge in [0.05, 0.1) is 24.9 Å². The van der Waals surface area contributed by atoms with Crippen LogP contribution in [0, 0.1) is 18.1 Å². The molecular formula is C58H51IrN3SSi-2. The van der Waals surface area contributed by atoms with Crippen LogP contribution in [0.25, 0.3) is 81.8 Å². The summed E-state index contributed by atoms with van der Waals surface area (Å²) in [6, 6.07) is 66.6. The van der Waals surface area contributed by atoms with Crippen LogP contribution in [-0.2, 0) is 26.5 Å². The van der Waals surface area contributed by atoms with Crippen LogP contribution in [-0.4, -0.2) is 22.6 Å². The Morgan fingerprint density at radius 2 is 1.38 bits per heavy atom. The van der Waals surface area contributed by atoms with Gasteiger partial charge in [0, 0.05) is 42.3 Å². The molecule has 0 amide bonds. The summed E-state index contributed by atoms with van der Waals surface area (Å²) in [5.74, 6) is 1.78. The second kappa shape index (κ2) is 19.2. The van der Waals surface area contributed by atoms with Gasteiger partial charge in [-0.05, 0) is 74.3 Å². The first-order chi connectivity index (χ1) is 30.9. The van der Waals surface area contributed by atoms with Gasteiger partial charge in [-0.15, -0.1) is 54.1 Å². The molecule has 1 aliphatic rings. The molecule has 7 aromatic carbocycles. The average Bonchev–Trinajstić information content (AvgIpc) is 3.91. The number of nitrogens with zero attached hydrogens (tertiary/aromatic N) is 3. The molecule has 11 rings (SSSR count). The van der Waals surface area contributed by atoms with E-state index in [0.717, 1.165) is 45.3 Å². The first kappa shape index (κ1) is 43.5. The zero-order valence-corrected chi connectivity index (χ0v) is 40.9. The predicted octanol–water partition coefficient (Wildman–Crippen LogP) is 15.4. The van der Waals surface area contributed by atoms with E-state index in [4.69, 9.17) is 9.97 Å². The Labute approximate surface area is 396 Å². The largest absolute Gasteiger partial charge is 0.333 e. The molecule has 1 aliphatic carbocycles. The predicted molar refractivity (Wildman–Crippen MR) is 271 cm³/mol. The fraction of sp³-hybridized carbons (Fsp3) is 0.172. The minimum atomic E-state index is -1.36. The summed E-state index contributed by atoms with van der Waals surface area (Å²) in [5, 5.41) is 4.05. The Balaban J connectivity index is 0.000000185.